The van der Waals surface area contributed by atoms with Gasteiger partial charge in [-0.05, 0) is 64.8 Å². The molecule has 0 fully saturated rings. The quantitative estimate of drug-likeness (QED) is 0.665. The lowest BCUT2D eigenvalue weighted by Crippen LogP contribution is -2.52. The van der Waals surface area contributed by atoms with Crippen LogP contribution < -0.4 is 5.32 Å². The number of hydrogen-bond donors (Lipinski definition) is 1. The highest BCUT2D eigenvalue weighted by molar-refractivity contribution is 9.10. The van der Waals surface area contributed by atoms with Gasteiger partial charge in [-0.15, -0.1) is 0 Å². The van der Waals surface area contributed by atoms with Crippen molar-refractivity contribution in [2.45, 2.75) is 66.1 Å². The first kappa shape index (κ1) is 23.1. The summed E-state index contributed by atoms with van der Waals surface area (Å²) in [6, 6.07) is 13.4. The Morgan fingerprint density at radius 3 is 2.21 bits per heavy atom. The molecule has 0 aliphatic carbocycles. The summed E-state index contributed by atoms with van der Waals surface area (Å²) in [7, 11) is 0. The average molecular weight is 459 g/mol. The second-order valence-corrected chi connectivity index (χ2v) is 9.66. The first-order valence-electron chi connectivity index (χ1n) is 9.88. The summed E-state index contributed by atoms with van der Waals surface area (Å²) in [6.07, 6.45) is 0.268. The third-order valence-electron chi connectivity index (χ3n) is 4.54. The number of hydrogen-bond acceptors (Lipinski definition) is 2. The Hall–Kier alpha value is -2.14. The van der Waals surface area contributed by atoms with Gasteiger partial charge in [0.15, 0.2) is 0 Å². The molecule has 0 bridgehead atoms. The van der Waals surface area contributed by atoms with Crippen LogP contribution in [0.3, 0.4) is 0 Å². The van der Waals surface area contributed by atoms with E-state index in [0.717, 1.165) is 26.7 Å². The second-order valence-electron chi connectivity index (χ2n) is 8.74. The fraction of sp³-hybridized carbons (Fsp3) is 0.417. The summed E-state index contributed by atoms with van der Waals surface area (Å²) in [5.74, 6) is -0.215. The molecule has 2 aromatic carbocycles. The molecule has 2 amide bonds. The summed E-state index contributed by atoms with van der Waals surface area (Å²) >= 11 is 3.48. The molecular formula is C24H31BrN2O2. The molecule has 156 valence electrons. The number of rotatable bonds is 6. The van der Waals surface area contributed by atoms with Gasteiger partial charge < -0.3 is 10.2 Å². The molecule has 0 radical (unpaired) electrons. The van der Waals surface area contributed by atoms with Crippen LogP contribution in [0.4, 0.5) is 0 Å². The number of nitrogens with one attached hydrogen (secondary N) is 1. The van der Waals surface area contributed by atoms with Gasteiger partial charge in [0.1, 0.15) is 6.04 Å². The van der Waals surface area contributed by atoms with Crippen molar-refractivity contribution >= 4 is 27.7 Å². The van der Waals surface area contributed by atoms with Crippen molar-refractivity contribution in [1.29, 1.82) is 0 Å². The molecule has 1 unspecified atom stereocenters. The predicted octanol–water partition coefficient (Wildman–Crippen LogP) is 4.94. The van der Waals surface area contributed by atoms with E-state index in [2.05, 4.69) is 27.3 Å². The van der Waals surface area contributed by atoms with Crippen LogP contribution in [0.5, 0.6) is 0 Å². The Morgan fingerprint density at radius 2 is 1.66 bits per heavy atom. The number of carbonyl (C=O) groups is 2. The lowest BCUT2D eigenvalue weighted by molar-refractivity contribution is -0.140. The van der Waals surface area contributed by atoms with E-state index in [0.29, 0.717) is 6.54 Å². The van der Waals surface area contributed by atoms with Crippen molar-refractivity contribution in [3.63, 3.8) is 0 Å². The molecule has 0 spiro atoms. The lowest BCUT2D eigenvalue weighted by Gasteiger charge is -2.31. The Morgan fingerprint density at radius 1 is 1.03 bits per heavy atom. The van der Waals surface area contributed by atoms with Crippen molar-refractivity contribution in [3.8, 4) is 0 Å². The molecule has 0 saturated carbocycles. The molecule has 0 heterocycles. The normalized spacial score (nSPS) is 12.4. The van der Waals surface area contributed by atoms with E-state index >= 15 is 0 Å². The summed E-state index contributed by atoms with van der Waals surface area (Å²) in [5, 5.41) is 2.99. The minimum Gasteiger partial charge on any atom is -0.350 e. The van der Waals surface area contributed by atoms with Gasteiger partial charge in [-0.2, -0.15) is 0 Å². The SMILES string of the molecule is Cc1cc(C)cc(CC(=O)N(Cc2cccc(Br)c2)C(C)C(=O)NC(C)(C)C)c1. The van der Waals surface area contributed by atoms with E-state index in [9.17, 15) is 9.59 Å². The van der Waals surface area contributed by atoms with E-state index in [1.807, 2.05) is 71.0 Å². The molecule has 29 heavy (non-hydrogen) atoms. The molecule has 0 aliphatic rings. The molecular weight excluding hydrogens is 428 g/mol. The first-order valence-corrected chi connectivity index (χ1v) is 10.7. The summed E-state index contributed by atoms with van der Waals surface area (Å²) in [6.45, 7) is 12.0. The van der Waals surface area contributed by atoms with Crippen molar-refractivity contribution in [1.82, 2.24) is 10.2 Å². The highest BCUT2D eigenvalue weighted by Crippen LogP contribution is 2.18. The minimum absolute atomic E-state index is 0.0634. The number of amides is 2. The van der Waals surface area contributed by atoms with Crippen LogP contribution in [0.1, 0.15) is 49.9 Å². The minimum atomic E-state index is -0.577. The average Bonchev–Trinajstić information content (AvgIpc) is 2.56. The summed E-state index contributed by atoms with van der Waals surface area (Å²) in [5.41, 5.74) is 3.84. The van der Waals surface area contributed by atoms with Crippen LogP contribution in [0.25, 0.3) is 0 Å². The third-order valence-corrected chi connectivity index (χ3v) is 5.04. The zero-order valence-corrected chi connectivity index (χ0v) is 19.8. The number of carbonyl (C=O) groups excluding carboxylic acids is 2. The van der Waals surface area contributed by atoms with E-state index in [1.54, 1.807) is 11.8 Å². The topological polar surface area (TPSA) is 49.4 Å². The predicted molar refractivity (Wildman–Crippen MR) is 122 cm³/mol. The third kappa shape index (κ3) is 7.32. The Kier molecular flexibility index (Phi) is 7.64. The van der Waals surface area contributed by atoms with Crippen molar-refractivity contribution in [2.24, 2.45) is 0 Å². The maximum Gasteiger partial charge on any atom is 0.242 e. The van der Waals surface area contributed by atoms with Crippen molar-refractivity contribution in [3.05, 3.63) is 69.2 Å². The van der Waals surface area contributed by atoms with Gasteiger partial charge in [-0.1, -0.05) is 57.4 Å². The Bertz CT molecular complexity index is 866. The van der Waals surface area contributed by atoms with Gasteiger partial charge in [0, 0.05) is 16.6 Å². The maximum absolute atomic E-state index is 13.3. The standard InChI is InChI=1S/C24H31BrN2O2/c1-16-10-17(2)12-20(11-16)14-22(28)27(15-19-8-7-9-21(25)13-19)18(3)23(29)26-24(4,5)6/h7-13,18H,14-15H2,1-6H3,(H,26,29). The van der Waals surface area contributed by atoms with Gasteiger partial charge >= 0.3 is 0 Å². The van der Waals surface area contributed by atoms with Crippen LogP contribution in [-0.4, -0.2) is 28.3 Å². The second kappa shape index (κ2) is 9.57. The fourth-order valence-electron chi connectivity index (χ4n) is 3.34. The molecule has 0 saturated heterocycles. The van der Waals surface area contributed by atoms with Gasteiger partial charge in [-0.3, -0.25) is 9.59 Å². The van der Waals surface area contributed by atoms with Gasteiger partial charge in [0.25, 0.3) is 0 Å². The highest BCUT2D eigenvalue weighted by atomic mass is 79.9. The molecule has 0 aliphatic heterocycles. The highest BCUT2D eigenvalue weighted by Gasteiger charge is 2.28. The fourth-order valence-corrected chi connectivity index (χ4v) is 3.78. The monoisotopic (exact) mass is 458 g/mol. The zero-order chi connectivity index (χ0) is 21.8. The largest absolute Gasteiger partial charge is 0.350 e. The van der Waals surface area contributed by atoms with Crippen LogP contribution >= 0.6 is 15.9 Å². The maximum atomic E-state index is 13.3. The Labute approximate surface area is 182 Å². The van der Waals surface area contributed by atoms with E-state index in [1.165, 1.54) is 0 Å². The first-order chi connectivity index (χ1) is 13.4. The zero-order valence-electron chi connectivity index (χ0n) is 18.2. The van der Waals surface area contributed by atoms with E-state index < -0.39 is 6.04 Å². The van der Waals surface area contributed by atoms with E-state index in [4.69, 9.17) is 0 Å². The number of halogens is 1. The van der Waals surface area contributed by atoms with Crippen LogP contribution in [0.2, 0.25) is 0 Å². The van der Waals surface area contributed by atoms with Crippen molar-refractivity contribution < 1.29 is 9.59 Å². The number of nitrogens with zero attached hydrogens (tertiary/aromatic N) is 1. The van der Waals surface area contributed by atoms with Crippen molar-refractivity contribution in [2.75, 3.05) is 0 Å². The molecule has 2 rings (SSSR count). The Balaban J connectivity index is 2.29. The molecule has 2 aromatic rings. The molecule has 1 N–H and O–H groups in total. The van der Waals surface area contributed by atoms with Crippen LogP contribution in [0, 0.1) is 13.8 Å². The molecule has 4 nitrogen and oxygen atoms in total. The summed E-state index contributed by atoms with van der Waals surface area (Å²) in [4.78, 5) is 27.7. The van der Waals surface area contributed by atoms with Gasteiger partial charge in [0.05, 0.1) is 6.42 Å². The van der Waals surface area contributed by atoms with Crippen LogP contribution in [-0.2, 0) is 22.6 Å². The van der Waals surface area contributed by atoms with Gasteiger partial charge in [-0.25, -0.2) is 0 Å². The molecule has 5 heteroatoms. The van der Waals surface area contributed by atoms with Gasteiger partial charge in [0.2, 0.25) is 11.8 Å². The smallest absolute Gasteiger partial charge is 0.242 e. The van der Waals surface area contributed by atoms with Crippen LogP contribution in [0.15, 0.2) is 46.9 Å². The molecule has 1 atom stereocenters. The number of aryl methyl sites for hydroxylation is 2. The summed E-state index contributed by atoms with van der Waals surface area (Å²) < 4.78 is 0.948. The number of benzene rings is 2. The van der Waals surface area contributed by atoms with E-state index in [-0.39, 0.29) is 23.8 Å². The molecule has 0 aromatic heterocycles. The lowest BCUT2D eigenvalue weighted by atomic mass is 10.0.